The molecule has 2 heterocycles. The Morgan fingerprint density at radius 1 is 1.50 bits per heavy atom. The first-order valence-electron chi connectivity index (χ1n) is 5.64. The highest BCUT2D eigenvalue weighted by molar-refractivity contribution is 5.99. The third kappa shape index (κ3) is 2.05. The Morgan fingerprint density at radius 3 is 2.89 bits per heavy atom. The molecular weight excluding hydrogens is 237 g/mol. The topological polar surface area (TPSA) is 62.3 Å². The third-order valence-corrected chi connectivity index (χ3v) is 3.05. The summed E-state index contributed by atoms with van der Waals surface area (Å²) in [7, 11) is 0. The Hall–Kier alpha value is -1.98. The number of pyridine rings is 1. The van der Waals surface area contributed by atoms with E-state index in [9.17, 15) is 14.0 Å². The lowest BCUT2D eigenvalue weighted by Gasteiger charge is -2.41. The van der Waals surface area contributed by atoms with Gasteiger partial charge < -0.3 is 10.2 Å². The number of carbonyl (C=O) groups is 2. The van der Waals surface area contributed by atoms with E-state index in [4.69, 9.17) is 0 Å². The van der Waals surface area contributed by atoms with E-state index >= 15 is 0 Å². The van der Waals surface area contributed by atoms with Crippen LogP contribution in [0.5, 0.6) is 0 Å². The van der Waals surface area contributed by atoms with Crippen LogP contribution in [0.4, 0.5) is 4.39 Å². The molecule has 6 heteroatoms. The van der Waals surface area contributed by atoms with E-state index in [1.807, 2.05) is 0 Å². The van der Waals surface area contributed by atoms with Crippen molar-refractivity contribution in [2.45, 2.75) is 19.4 Å². The van der Waals surface area contributed by atoms with Gasteiger partial charge in [-0.3, -0.25) is 14.6 Å². The zero-order valence-electron chi connectivity index (χ0n) is 10.2. The van der Waals surface area contributed by atoms with Crippen molar-refractivity contribution in [1.29, 1.82) is 0 Å². The van der Waals surface area contributed by atoms with Crippen LogP contribution in [0.25, 0.3) is 0 Å². The molecule has 1 aliphatic heterocycles. The van der Waals surface area contributed by atoms with Gasteiger partial charge in [0.25, 0.3) is 5.91 Å². The number of carbonyl (C=O) groups excluding carboxylic acids is 2. The van der Waals surface area contributed by atoms with Crippen molar-refractivity contribution >= 4 is 11.8 Å². The van der Waals surface area contributed by atoms with Crippen molar-refractivity contribution in [1.82, 2.24) is 15.2 Å². The summed E-state index contributed by atoms with van der Waals surface area (Å²) in [5.41, 5.74) is -0.792. The standard InChI is InChI=1S/C12H14FN3O2/c1-12(2)11(18)15-3-4-16(12)10(17)8-5-9(13)7-14-6-8/h5-7H,3-4H2,1-2H3,(H,15,18). The van der Waals surface area contributed by atoms with Gasteiger partial charge in [-0.25, -0.2) is 4.39 Å². The molecule has 96 valence electrons. The molecule has 1 aromatic heterocycles. The maximum absolute atomic E-state index is 13.1. The lowest BCUT2D eigenvalue weighted by molar-refractivity contribution is -0.133. The average molecular weight is 251 g/mol. The monoisotopic (exact) mass is 251 g/mol. The van der Waals surface area contributed by atoms with Crippen molar-refractivity contribution in [3.8, 4) is 0 Å². The molecule has 0 saturated carbocycles. The van der Waals surface area contributed by atoms with Crippen molar-refractivity contribution in [2.75, 3.05) is 13.1 Å². The lowest BCUT2D eigenvalue weighted by Crippen LogP contribution is -2.63. The largest absolute Gasteiger partial charge is 0.352 e. The molecule has 0 aromatic carbocycles. The summed E-state index contributed by atoms with van der Waals surface area (Å²) in [4.78, 5) is 29.1. The van der Waals surface area contributed by atoms with Crippen LogP contribution in [-0.2, 0) is 4.79 Å². The van der Waals surface area contributed by atoms with E-state index in [1.165, 1.54) is 11.1 Å². The molecule has 0 atom stereocenters. The van der Waals surface area contributed by atoms with Crippen LogP contribution in [0.3, 0.4) is 0 Å². The maximum atomic E-state index is 13.1. The Morgan fingerprint density at radius 2 is 2.22 bits per heavy atom. The predicted molar refractivity (Wildman–Crippen MR) is 62.3 cm³/mol. The highest BCUT2D eigenvalue weighted by Gasteiger charge is 2.40. The summed E-state index contributed by atoms with van der Waals surface area (Å²) < 4.78 is 13.1. The fourth-order valence-electron chi connectivity index (χ4n) is 1.94. The molecule has 1 saturated heterocycles. The molecule has 0 spiro atoms. The molecule has 1 fully saturated rings. The van der Waals surface area contributed by atoms with Gasteiger partial charge in [0, 0.05) is 19.3 Å². The molecule has 1 N–H and O–H groups in total. The van der Waals surface area contributed by atoms with E-state index in [0.717, 1.165) is 12.3 Å². The number of hydrogen-bond donors (Lipinski definition) is 1. The van der Waals surface area contributed by atoms with E-state index in [1.54, 1.807) is 13.8 Å². The molecular formula is C12H14FN3O2. The summed E-state index contributed by atoms with van der Waals surface area (Å²) >= 11 is 0. The number of piperazine rings is 1. The van der Waals surface area contributed by atoms with Crippen LogP contribution in [0.1, 0.15) is 24.2 Å². The third-order valence-electron chi connectivity index (χ3n) is 3.05. The first kappa shape index (κ1) is 12.5. The molecule has 0 aliphatic carbocycles. The maximum Gasteiger partial charge on any atom is 0.256 e. The van der Waals surface area contributed by atoms with Gasteiger partial charge in [-0.05, 0) is 19.9 Å². The van der Waals surface area contributed by atoms with Crippen molar-refractivity contribution < 1.29 is 14.0 Å². The van der Waals surface area contributed by atoms with Gasteiger partial charge in [-0.1, -0.05) is 0 Å². The predicted octanol–water partition coefficient (Wildman–Crippen LogP) is 0.571. The number of aromatic nitrogens is 1. The van der Waals surface area contributed by atoms with Gasteiger partial charge in [-0.2, -0.15) is 0 Å². The fourth-order valence-corrected chi connectivity index (χ4v) is 1.94. The van der Waals surface area contributed by atoms with Crippen LogP contribution < -0.4 is 5.32 Å². The number of hydrogen-bond acceptors (Lipinski definition) is 3. The SMILES string of the molecule is CC1(C)C(=O)NCCN1C(=O)c1cncc(F)c1. The summed E-state index contributed by atoms with van der Waals surface area (Å²) in [5, 5.41) is 2.70. The second-order valence-electron chi connectivity index (χ2n) is 4.66. The summed E-state index contributed by atoms with van der Waals surface area (Å²) in [6.45, 7) is 4.11. The number of rotatable bonds is 1. The normalized spacial score (nSPS) is 18.4. The van der Waals surface area contributed by atoms with Crippen LogP contribution >= 0.6 is 0 Å². The molecule has 0 bridgehead atoms. The molecule has 2 amide bonds. The average Bonchev–Trinajstić information content (AvgIpc) is 2.32. The van der Waals surface area contributed by atoms with Gasteiger partial charge in [0.15, 0.2) is 0 Å². The summed E-state index contributed by atoms with van der Waals surface area (Å²) in [5.74, 6) is -1.17. The minimum atomic E-state index is -0.943. The Labute approximate surface area is 104 Å². The van der Waals surface area contributed by atoms with Gasteiger partial charge in [0.05, 0.1) is 11.8 Å². The first-order chi connectivity index (χ1) is 8.43. The number of nitrogens with zero attached hydrogens (tertiary/aromatic N) is 2. The number of nitrogens with one attached hydrogen (secondary N) is 1. The minimum Gasteiger partial charge on any atom is -0.352 e. The molecule has 0 radical (unpaired) electrons. The Bertz CT molecular complexity index is 502. The van der Waals surface area contributed by atoms with Crippen LogP contribution in [0.15, 0.2) is 18.5 Å². The van der Waals surface area contributed by atoms with E-state index in [2.05, 4.69) is 10.3 Å². The van der Waals surface area contributed by atoms with E-state index < -0.39 is 11.4 Å². The Balaban J connectivity index is 2.31. The Kier molecular flexibility index (Phi) is 3.02. The number of halogens is 1. The second kappa shape index (κ2) is 4.36. The minimum absolute atomic E-state index is 0.151. The quantitative estimate of drug-likeness (QED) is 0.793. The smallest absolute Gasteiger partial charge is 0.256 e. The number of amides is 2. The lowest BCUT2D eigenvalue weighted by atomic mass is 9.98. The van der Waals surface area contributed by atoms with Crippen LogP contribution in [0.2, 0.25) is 0 Å². The van der Waals surface area contributed by atoms with Gasteiger partial charge >= 0.3 is 0 Å². The van der Waals surface area contributed by atoms with E-state index in [-0.39, 0.29) is 17.4 Å². The van der Waals surface area contributed by atoms with Gasteiger partial charge in [0.1, 0.15) is 11.4 Å². The molecule has 1 aromatic rings. The molecule has 1 aliphatic rings. The van der Waals surface area contributed by atoms with Crippen molar-refractivity contribution in [3.63, 3.8) is 0 Å². The van der Waals surface area contributed by atoms with E-state index in [0.29, 0.717) is 13.1 Å². The molecule has 18 heavy (non-hydrogen) atoms. The van der Waals surface area contributed by atoms with Gasteiger partial charge in [0.2, 0.25) is 5.91 Å². The second-order valence-corrected chi connectivity index (χ2v) is 4.66. The zero-order chi connectivity index (χ0) is 13.3. The highest BCUT2D eigenvalue weighted by Crippen LogP contribution is 2.20. The zero-order valence-corrected chi connectivity index (χ0v) is 10.2. The van der Waals surface area contributed by atoms with Crippen molar-refractivity contribution in [2.24, 2.45) is 0 Å². The molecule has 0 unspecified atom stereocenters. The first-order valence-corrected chi connectivity index (χ1v) is 5.64. The molecule has 2 rings (SSSR count). The highest BCUT2D eigenvalue weighted by atomic mass is 19.1. The molecule has 5 nitrogen and oxygen atoms in total. The van der Waals surface area contributed by atoms with Crippen molar-refractivity contribution in [3.05, 3.63) is 29.8 Å². The van der Waals surface area contributed by atoms with Gasteiger partial charge in [-0.15, -0.1) is 0 Å². The fraction of sp³-hybridized carbons (Fsp3) is 0.417. The van der Waals surface area contributed by atoms with Crippen LogP contribution in [0, 0.1) is 5.82 Å². The summed E-state index contributed by atoms with van der Waals surface area (Å²) in [6, 6.07) is 1.12. The summed E-state index contributed by atoms with van der Waals surface area (Å²) in [6.07, 6.45) is 2.33. The van der Waals surface area contributed by atoms with Crippen LogP contribution in [-0.4, -0.2) is 40.3 Å².